The lowest BCUT2D eigenvalue weighted by molar-refractivity contribution is -0.125. The molecule has 0 saturated carbocycles. The first-order valence-corrected chi connectivity index (χ1v) is 5.53. The van der Waals surface area contributed by atoms with Gasteiger partial charge >= 0.3 is 0 Å². The Kier molecular flexibility index (Phi) is 3.41. The zero-order valence-electron chi connectivity index (χ0n) is 9.40. The van der Waals surface area contributed by atoms with Gasteiger partial charge in [0.05, 0.1) is 6.61 Å². The number of ether oxygens (including phenoxy) is 1. The van der Waals surface area contributed by atoms with Crippen LogP contribution in [0.15, 0.2) is 24.3 Å². The molecule has 0 radical (unpaired) electrons. The standard InChI is InChI=1S/C12H16N2O2/c1-2-13-10-3-5-11(6-4-10)14-7-8-16-9-12(14)15/h3-6,13H,2,7-9H2,1H3. The van der Waals surface area contributed by atoms with Gasteiger partial charge in [0.2, 0.25) is 0 Å². The molecule has 1 aromatic carbocycles. The van der Waals surface area contributed by atoms with Crippen molar-refractivity contribution >= 4 is 17.3 Å². The van der Waals surface area contributed by atoms with E-state index in [-0.39, 0.29) is 12.5 Å². The molecule has 1 aliphatic heterocycles. The largest absolute Gasteiger partial charge is 0.385 e. The number of benzene rings is 1. The van der Waals surface area contributed by atoms with E-state index in [4.69, 9.17) is 4.74 Å². The molecule has 0 bridgehead atoms. The Morgan fingerprint density at radius 1 is 1.38 bits per heavy atom. The molecule has 1 fully saturated rings. The molecule has 0 aliphatic carbocycles. The van der Waals surface area contributed by atoms with E-state index in [0.717, 1.165) is 17.9 Å². The number of amides is 1. The summed E-state index contributed by atoms with van der Waals surface area (Å²) in [6, 6.07) is 7.89. The van der Waals surface area contributed by atoms with Crippen molar-refractivity contribution in [2.75, 3.05) is 36.5 Å². The molecule has 1 aliphatic rings. The Bertz CT molecular complexity index is 362. The second kappa shape index (κ2) is 4.99. The van der Waals surface area contributed by atoms with Crippen molar-refractivity contribution < 1.29 is 9.53 Å². The van der Waals surface area contributed by atoms with E-state index < -0.39 is 0 Å². The normalized spacial score (nSPS) is 16.3. The van der Waals surface area contributed by atoms with E-state index >= 15 is 0 Å². The predicted molar refractivity (Wildman–Crippen MR) is 63.8 cm³/mol. The fraction of sp³-hybridized carbons (Fsp3) is 0.417. The lowest BCUT2D eigenvalue weighted by atomic mass is 10.2. The number of carbonyl (C=O) groups is 1. The summed E-state index contributed by atoms with van der Waals surface area (Å²) in [6.07, 6.45) is 0. The molecule has 16 heavy (non-hydrogen) atoms. The molecule has 0 atom stereocenters. The first kappa shape index (κ1) is 11.0. The molecule has 4 heteroatoms. The fourth-order valence-electron chi connectivity index (χ4n) is 1.75. The van der Waals surface area contributed by atoms with Gasteiger partial charge in [-0.3, -0.25) is 4.79 Å². The zero-order valence-corrected chi connectivity index (χ0v) is 9.40. The van der Waals surface area contributed by atoms with Gasteiger partial charge in [0.15, 0.2) is 0 Å². The lowest BCUT2D eigenvalue weighted by Gasteiger charge is -2.26. The maximum atomic E-state index is 11.6. The van der Waals surface area contributed by atoms with Gasteiger partial charge in [-0.2, -0.15) is 0 Å². The van der Waals surface area contributed by atoms with Gasteiger partial charge in [0.25, 0.3) is 5.91 Å². The van der Waals surface area contributed by atoms with Crippen molar-refractivity contribution in [2.45, 2.75) is 6.92 Å². The Morgan fingerprint density at radius 2 is 2.12 bits per heavy atom. The van der Waals surface area contributed by atoms with E-state index in [1.54, 1.807) is 4.90 Å². The first-order valence-electron chi connectivity index (χ1n) is 5.53. The number of rotatable bonds is 3. The van der Waals surface area contributed by atoms with Crippen LogP contribution in [0.1, 0.15) is 6.92 Å². The van der Waals surface area contributed by atoms with Gasteiger partial charge in [-0.25, -0.2) is 0 Å². The number of hydrogen-bond acceptors (Lipinski definition) is 3. The summed E-state index contributed by atoms with van der Waals surface area (Å²) in [5.74, 6) is 0.0300. The molecular weight excluding hydrogens is 204 g/mol. The maximum absolute atomic E-state index is 11.6. The Labute approximate surface area is 95.2 Å². The molecule has 1 heterocycles. The quantitative estimate of drug-likeness (QED) is 0.839. The van der Waals surface area contributed by atoms with Crippen LogP contribution in [-0.2, 0) is 9.53 Å². The van der Waals surface area contributed by atoms with E-state index in [1.165, 1.54) is 0 Å². The second-order valence-corrected chi connectivity index (χ2v) is 3.68. The van der Waals surface area contributed by atoms with Gasteiger partial charge in [0, 0.05) is 24.5 Å². The topological polar surface area (TPSA) is 41.6 Å². The molecule has 0 aromatic heterocycles. The molecule has 0 unspecified atom stereocenters. The summed E-state index contributed by atoms with van der Waals surface area (Å²) in [4.78, 5) is 13.4. The van der Waals surface area contributed by atoms with Crippen LogP contribution in [0.5, 0.6) is 0 Å². The highest BCUT2D eigenvalue weighted by atomic mass is 16.5. The van der Waals surface area contributed by atoms with E-state index in [9.17, 15) is 4.79 Å². The van der Waals surface area contributed by atoms with Crippen LogP contribution in [0.4, 0.5) is 11.4 Å². The summed E-state index contributed by atoms with van der Waals surface area (Å²) < 4.78 is 5.09. The van der Waals surface area contributed by atoms with Crippen molar-refractivity contribution in [3.63, 3.8) is 0 Å². The molecule has 2 rings (SSSR count). The van der Waals surface area contributed by atoms with Crippen LogP contribution in [0, 0.1) is 0 Å². The Morgan fingerprint density at radius 3 is 2.75 bits per heavy atom. The summed E-state index contributed by atoms with van der Waals surface area (Å²) in [5.41, 5.74) is 2.02. The third-order valence-electron chi connectivity index (χ3n) is 2.55. The number of nitrogens with one attached hydrogen (secondary N) is 1. The minimum Gasteiger partial charge on any atom is -0.385 e. The number of morpholine rings is 1. The lowest BCUT2D eigenvalue weighted by Crippen LogP contribution is -2.41. The van der Waals surface area contributed by atoms with Crippen LogP contribution < -0.4 is 10.2 Å². The van der Waals surface area contributed by atoms with Gasteiger partial charge in [-0.15, -0.1) is 0 Å². The summed E-state index contributed by atoms with van der Waals surface area (Å²) >= 11 is 0. The van der Waals surface area contributed by atoms with E-state index in [0.29, 0.717) is 13.2 Å². The minimum absolute atomic E-state index is 0.0300. The number of nitrogens with zero attached hydrogens (tertiary/aromatic N) is 1. The van der Waals surface area contributed by atoms with Crippen molar-refractivity contribution in [2.24, 2.45) is 0 Å². The third-order valence-corrected chi connectivity index (χ3v) is 2.55. The molecule has 4 nitrogen and oxygen atoms in total. The first-order chi connectivity index (χ1) is 7.81. The van der Waals surface area contributed by atoms with Crippen molar-refractivity contribution in [1.29, 1.82) is 0 Å². The highest BCUT2D eigenvalue weighted by Crippen LogP contribution is 2.19. The Hall–Kier alpha value is -1.55. The molecule has 86 valence electrons. The number of hydrogen-bond donors (Lipinski definition) is 1. The van der Waals surface area contributed by atoms with E-state index in [2.05, 4.69) is 12.2 Å². The van der Waals surface area contributed by atoms with Crippen LogP contribution in [0.3, 0.4) is 0 Å². The highest BCUT2D eigenvalue weighted by molar-refractivity contribution is 5.94. The van der Waals surface area contributed by atoms with Crippen LogP contribution in [0.2, 0.25) is 0 Å². The zero-order chi connectivity index (χ0) is 11.4. The average molecular weight is 220 g/mol. The Balaban J connectivity index is 2.11. The number of anilines is 2. The smallest absolute Gasteiger partial charge is 0.253 e. The molecule has 1 N–H and O–H groups in total. The summed E-state index contributed by atoms with van der Waals surface area (Å²) in [6.45, 7) is 4.39. The summed E-state index contributed by atoms with van der Waals surface area (Å²) in [5, 5.41) is 3.22. The van der Waals surface area contributed by atoms with Crippen LogP contribution >= 0.6 is 0 Å². The van der Waals surface area contributed by atoms with Gasteiger partial charge in [-0.1, -0.05) is 0 Å². The molecule has 1 saturated heterocycles. The average Bonchev–Trinajstić information content (AvgIpc) is 2.31. The fourth-order valence-corrected chi connectivity index (χ4v) is 1.75. The monoisotopic (exact) mass is 220 g/mol. The van der Waals surface area contributed by atoms with Crippen LogP contribution in [-0.4, -0.2) is 32.2 Å². The molecular formula is C12H16N2O2. The molecule has 0 spiro atoms. The van der Waals surface area contributed by atoms with Crippen molar-refractivity contribution in [3.05, 3.63) is 24.3 Å². The SMILES string of the molecule is CCNc1ccc(N2CCOCC2=O)cc1. The second-order valence-electron chi connectivity index (χ2n) is 3.68. The maximum Gasteiger partial charge on any atom is 0.253 e. The predicted octanol–water partition coefficient (Wildman–Crippen LogP) is 1.48. The van der Waals surface area contributed by atoms with E-state index in [1.807, 2.05) is 24.3 Å². The van der Waals surface area contributed by atoms with Gasteiger partial charge in [-0.05, 0) is 31.2 Å². The van der Waals surface area contributed by atoms with Crippen molar-refractivity contribution in [1.82, 2.24) is 0 Å². The molecule has 1 amide bonds. The van der Waals surface area contributed by atoms with Gasteiger partial charge < -0.3 is 15.0 Å². The minimum atomic E-state index is 0.0300. The van der Waals surface area contributed by atoms with Crippen molar-refractivity contribution in [3.8, 4) is 0 Å². The highest BCUT2D eigenvalue weighted by Gasteiger charge is 2.19. The van der Waals surface area contributed by atoms with Gasteiger partial charge in [0.1, 0.15) is 6.61 Å². The summed E-state index contributed by atoms with van der Waals surface area (Å²) in [7, 11) is 0. The third kappa shape index (κ3) is 2.33. The molecule has 1 aromatic rings. The van der Waals surface area contributed by atoms with Crippen LogP contribution in [0.25, 0.3) is 0 Å². The number of carbonyl (C=O) groups excluding carboxylic acids is 1.